The number of hydrogen-bond acceptors (Lipinski definition) is 12. The zero-order valence-electron chi connectivity index (χ0n) is 21.4. The van der Waals surface area contributed by atoms with Crippen molar-refractivity contribution in [1.29, 1.82) is 0 Å². The van der Waals surface area contributed by atoms with Gasteiger partial charge in [0.25, 0.3) is 0 Å². The van der Waals surface area contributed by atoms with Gasteiger partial charge in [0.05, 0.1) is 7.11 Å². The Morgan fingerprint density at radius 3 is 1.92 bits per heavy atom. The minimum atomic E-state index is -1.61. The smallest absolute Gasteiger partial charge is 0.410 e. The lowest BCUT2D eigenvalue weighted by molar-refractivity contribution is -0.263. The fraction of sp³-hybridized carbons (Fsp3) is 0.727. The van der Waals surface area contributed by atoms with Crippen molar-refractivity contribution >= 4 is 35.9 Å². The van der Waals surface area contributed by atoms with E-state index in [4.69, 9.17) is 28.4 Å². The van der Waals surface area contributed by atoms with Gasteiger partial charge in [-0.05, 0) is 12.3 Å². The van der Waals surface area contributed by atoms with Crippen LogP contribution in [-0.2, 0) is 52.4 Å². The van der Waals surface area contributed by atoms with Crippen LogP contribution in [0.15, 0.2) is 0 Å². The van der Waals surface area contributed by atoms with Crippen LogP contribution in [-0.4, -0.2) is 86.3 Å². The molecular formula is C22H34N2O12. The SMILES string of the molecule is COC(=O)[C@H](CC(C)C)NC(=O)O[C@H]1O[C@H](COC(C)=O)[C@@H](OC(C)=O)[C@H](OC(C)=O)[C@H]1NC(C)=O. The summed E-state index contributed by atoms with van der Waals surface area (Å²) in [4.78, 5) is 71.7. The molecule has 1 aliphatic rings. The Hall–Kier alpha value is -3.42. The van der Waals surface area contributed by atoms with E-state index in [1.165, 1.54) is 0 Å². The first-order chi connectivity index (χ1) is 16.7. The molecule has 0 saturated carbocycles. The first kappa shape index (κ1) is 30.6. The summed E-state index contributed by atoms with van der Waals surface area (Å²) in [7, 11) is 1.16. The van der Waals surface area contributed by atoms with E-state index in [1.807, 2.05) is 13.8 Å². The van der Waals surface area contributed by atoms with Gasteiger partial charge in [-0.15, -0.1) is 0 Å². The van der Waals surface area contributed by atoms with Crippen LogP contribution in [0.5, 0.6) is 0 Å². The van der Waals surface area contributed by atoms with Crippen LogP contribution in [0.4, 0.5) is 4.79 Å². The van der Waals surface area contributed by atoms with Crippen LogP contribution in [0.25, 0.3) is 0 Å². The molecule has 0 aliphatic carbocycles. The fourth-order valence-corrected chi connectivity index (χ4v) is 3.50. The van der Waals surface area contributed by atoms with Crippen LogP contribution in [0.1, 0.15) is 48.0 Å². The highest BCUT2D eigenvalue weighted by Crippen LogP contribution is 2.28. The van der Waals surface area contributed by atoms with Crippen LogP contribution < -0.4 is 10.6 Å². The van der Waals surface area contributed by atoms with Crippen molar-refractivity contribution in [3.63, 3.8) is 0 Å². The Balaban J connectivity index is 3.32. The Kier molecular flexibility index (Phi) is 12.1. The first-order valence-corrected chi connectivity index (χ1v) is 11.2. The molecule has 0 spiro atoms. The number of esters is 4. The second-order valence-corrected chi connectivity index (χ2v) is 8.47. The van der Waals surface area contributed by atoms with Gasteiger partial charge in [0.15, 0.2) is 12.2 Å². The molecule has 2 amide bonds. The van der Waals surface area contributed by atoms with E-state index >= 15 is 0 Å². The molecule has 0 aromatic carbocycles. The van der Waals surface area contributed by atoms with Crippen LogP contribution in [0.2, 0.25) is 0 Å². The van der Waals surface area contributed by atoms with Crippen molar-refractivity contribution in [3.05, 3.63) is 0 Å². The molecule has 1 fully saturated rings. The molecule has 1 heterocycles. The highest BCUT2D eigenvalue weighted by Gasteiger charge is 2.52. The third kappa shape index (κ3) is 10.1. The molecule has 0 aromatic rings. The lowest BCUT2D eigenvalue weighted by Gasteiger charge is -2.44. The van der Waals surface area contributed by atoms with Gasteiger partial charge in [-0.25, -0.2) is 9.59 Å². The number of hydrogen-bond donors (Lipinski definition) is 2. The van der Waals surface area contributed by atoms with Gasteiger partial charge in [0, 0.05) is 27.7 Å². The Bertz CT molecular complexity index is 830. The number of amides is 2. The topological polar surface area (TPSA) is 182 Å². The average Bonchev–Trinajstić information content (AvgIpc) is 2.74. The summed E-state index contributed by atoms with van der Waals surface area (Å²) < 4.78 is 31.3. The second kappa shape index (κ2) is 14.2. The zero-order valence-corrected chi connectivity index (χ0v) is 21.4. The Labute approximate surface area is 208 Å². The summed E-state index contributed by atoms with van der Waals surface area (Å²) in [6.45, 7) is 7.68. The third-order valence-electron chi connectivity index (χ3n) is 4.78. The van der Waals surface area contributed by atoms with E-state index in [-0.39, 0.29) is 12.3 Å². The number of carbonyl (C=O) groups excluding carboxylic acids is 6. The monoisotopic (exact) mass is 518 g/mol. The molecule has 1 saturated heterocycles. The van der Waals surface area contributed by atoms with Crippen molar-refractivity contribution in [1.82, 2.24) is 10.6 Å². The summed E-state index contributed by atoms with van der Waals surface area (Å²) in [5.41, 5.74) is 0. The molecule has 14 nitrogen and oxygen atoms in total. The highest BCUT2D eigenvalue weighted by molar-refractivity contribution is 5.81. The summed E-state index contributed by atoms with van der Waals surface area (Å²) >= 11 is 0. The molecular weight excluding hydrogens is 484 g/mol. The number of nitrogens with one attached hydrogen (secondary N) is 2. The van der Waals surface area contributed by atoms with E-state index in [0.717, 1.165) is 34.8 Å². The molecule has 0 unspecified atom stereocenters. The molecule has 0 bridgehead atoms. The number of ether oxygens (including phenoxy) is 6. The third-order valence-corrected chi connectivity index (χ3v) is 4.78. The average molecular weight is 519 g/mol. The molecule has 36 heavy (non-hydrogen) atoms. The molecule has 1 rings (SSSR count). The van der Waals surface area contributed by atoms with Gasteiger partial charge in [0.2, 0.25) is 12.2 Å². The maximum atomic E-state index is 12.7. The Morgan fingerprint density at radius 1 is 0.861 bits per heavy atom. The normalized spacial score (nSPS) is 24.1. The molecule has 0 radical (unpaired) electrons. The lowest BCUT2D eigenvalue weighted by Crippen LogP contribution is -2.67. The van der Waals surface area contributed by atoms with Gasteiger partial charge in [-0.2, -0.15) is 0 Å². The molecule has 204 valence electrons. The molecule has 0 aromatic heterocycles. The predicted molar refractivity (Wildman–Crippen MR) is 119 cm³/mol. The standard InChI is InChI=1S/C22H34N2O12/c1-10(2)8-15(20(29)31-7)24-22(30)36-21-17(23-11(3)25)19(34-14(6)28)18(33-13(5)27)16(35-21)9-32-12(4)26/h10,15-19,21H,8-9H2,1-7H3,(H,23,25)(H,24,30)/t15-,16+,17+,18+,19+,21+/m0/s1. The highest BCUT2D eigenvalue weighted by atomic mass is 16.7. The van der Waals surface area contributed by atoms with E-state index in [0.29, 0.717) is 0 Å². The second-order valence-electron chi connectivity index (χ2n) is 8.47. The number of alkyl carbamates (subject to hydrolysis) is 1. The summed E-state index contributed by atoms with van der Waals surface area (Å²) in [6, 6.07) is -2.38. The Morgan fingerprint density at radius 2 is 1.44 bits per heavy atom. The quantitative estimate of drug-likeness (QED) is 0.291. The first-order valence-electron chi connectivity index (χ1n) is 11.2. The summed E-state index contributed by atoms with van der Waals surface area (Å²) in [5.74, 6) is -3.56. The number of methoxy groups -OCH3 is 1. The van der Waals surface area contributed by atoms with Gasteiger partial charge in [-0.3, -0.25) is 19.2 Å². The van der Waals surface area contributed by atoms with E-state index in [2.05, 4.69) is 10.6 Å². The minimum absolute atomic E-state index is 0.0124. The fourth-order valence-electron chi connectivity index (χ4n) is 3.50. The largest absolute Gasteiger partial charge is 0.467 e. The zero-order chi connectivity index (χ0) is 27.6. The molecule has 1 aliphatic heterocycles. The number of carbonyl (C=O) groups is 6. The van der Waals surface area contributed by atoms with Gasteiger partial charge >= 0.3 is 30.0 Å². The van der Waals surface area contributed by atoms with Gasteiger partial charge < -0.3 is 39.1 Å². The molecule has 14 heteroatoms. The predicted octanol–water partition coefficient (Wildman–Crippen LogP) is -0.0436. The summed E-state index contributed by atoms with van der Waals surface area (Å²) in [6.07, 6.45) is -6.46. The molecule has 2 N–H and O–H groups in total. The van der Waals surface area contributed by atoms with Crippen molar-refractivity contribution in [2.45, 2.75) is 84.6 Å². The maximum absolute atomic E-state index is 12.7. The van der Waals surface area contributed by atoms with Crippen LogP contribution in [0.3, 0.4) is 0 Å². The summed E-state index contributed by atoms with van der Waals surface area (Å²) in [5, 5.41) is 4.84. The van der Waals surface area contributed by atoms with Crippen LogP contribution >= 0.6 is 0 Å². The maximum Gasteiger partial charge on any atom is 0.410 e. The minimum Gasteiger partial charge on any atom is -0.467 e. The van der Waals surface area contributed by atoms with Crippen molar-refractivity contribution < 1.29 is 57.2 Å². The van der Waals surface area contributed by atoms with Crippen molar-refractivity contribution in [2.24, 2.45) is 5.92 Å². The van der Waals surface area contributed by atoms with E-state index in [9.17, 15) is 28.8 Å². The van der Waals surface area contributed by atoms with E-state index < -0.39 is 79.2 Å². The van der Waals surface area contributed by atoms with Gasteiger partial charge in [-0.1, -0.05) is 13.8 Å². The van der Waals surface area contributed by atoms with Gasteiger partial charge in [0.1, 0.15) is 24.8 Å². The molecule has 6 atom stereocenters. The van der Waals surface area contributed by atoms with Crippen molar-refractivity contribution in [2.75, 3.05) is 13.7 Å². The van der Waals surface area contributed by atoms with Crippen molar-refractivity contribution in [3.8, 4) is 0 Å². The van der Waals surface area contributed by atoms with Crippen LogP contribution in [0, 0.1) is 5.92 Å². The number of rotatable bonds is 10. The lowest BCUT2D eigenvalue weighted by atomic mass is 9.96. The van der Waals surface area contributed by atoms with E-state index in [1.54, 1.807) is 0 Å².